The summed E-state index contributed by atoms with van der Waals surface area (Å²) in [5.41, 5.74) is 0. The van der Waals surface area contributed by atoms with E-state index in [-0.39, 0.29) is 25.0 Å². The Labute approximate surface area is 91.7 Å². The summed E-state index contributed by atoms with van der Waals surface area (Å²) in [7, 11) is 0. The molecule has 1 atom stereocenters. The predicted octanol–water partition coefficient (Wildman–Crippen LogP) is 0.672. The van der Waals surface area contributed by atoms with Crippen molar-refractivity contribution in [3.8, 4) is 0 Å². The Hall–Kier alpha value is -0.610. The van der Waals surface area contributed by atoms with Gasteiger partial charge in [0.25, 0.3) is 0 Å². The van der Waals surface area contributed by atoms with E-state index in [9.17, 15) is 4.79 Å². The van der Waals surface area contributed by atoms with E-state index >= 15 is 0 Å². The van der Waals surface area contributed by atoms with E-state index in [2.05, 4.69) is 19.2 Å². The topological polar surface area (TPSA) is 69.6 Å². The minimum Gasteiger partial charge on any atom is -0.394 e. The van der Waals surface area contributed by atoms with Crippen LogP contribution in [-0.4, -0.2) is 35.4 Å². The first kappa shape index (κ1) is 14.4. The Kier molecular flexibility index (Phi) is 8.33. The summed E-state index contributed by atoms with van der Waals surface area (Å²) in [6, 6.07) is 0. The van der Waals surface area contributed by atoms with Gasteiger partial charge in [-0.15, -0.1) is 0 Å². The lowest BCUT2D eigenvalue weighted by atomic mass is 9.97. The molecule has 0 heterocycles. The van der Waals surface area contributed by atoms with Gasteiger partial charge in [0.15, 0.2) is 0 Å². The molecule has 0 spiro atoms. The smallest absolute Gasteiger partial charge is 0.223 e. The van der Waals surface area contributed by atoms with Crippen LogP contribution < -0.4 is 5.32 Å². The molecule has 3 N–H and O–H groups in total. The quantitative estimate of drug-likeness (QED) is 0.560. The molecular weight excluding hydrogens is 194 g/mol. The van der Waals surface area contributed by atoms with Crippen molar-refractivity contribution < 1.29 is 15.0 Å². The maximum Gasteiger partial charge on any atom is 0.223 e. The molecule has 1 amide bonds. The minimum atomic E-state index is -0.849. The lowest BCUT2D eigenvalue weighted by Gasteiger charge is -2.16. The van der Waals surface area contributed by atoms with Crippen LogP contribution in [0.15, 0.2) is 0 Å². The Morgan fingerprint density at radius 2 is 1.80 bits per heavy atom. The summed E-state index contributed by atoms with van der Waals surface area (Å²) in [5, 5.41) is 20.3. The lowest BCUT2D eigenvalue weighted by Crippen LogP contribution is -2.37. The van der Waals surface area contributed by atoms with Crippen molar-refractivity contribution in [3.63, 3.8) is 0 Å². The lowest BCUT2D eigenvalue weighted by molar-refractivity contribution is -0.126. The normalized spacial score (nSPS) is 12.9. The number of carbonyl (C=O) groups excluding carboxylic acids is 1. The van der Waals surface area contributed by atoms with Gasteiger partial charge in [-0.1, -0.05) is 26.7 Å². The number of carbonyl (C=O) groups is 1. The molecule has 0 fully saturated rings. The average molecular weight is 217 g/mol. The van der Waals surface area contributed by atoms with E-state index < -0.39 is 6.10 Å². The van der Waals surface area contributed by atoms with Crippen LogP contribution in [0.2, 0.25) is 0 Å². The summed E-state index contributed by atoms with van der Waals surface area (Å²) < 4.78 is 0. The highest BCUT2D eigenvalue weighted by Crippen LogP contribution is 2.13. The number of aliphatic hydroxyl groups is 2. The van der Waals surface area contributed by atoms with E-state index in [4.69, 9.17) is 10.2 Å². The van der Waals surface area contributed by atoms with Gasteiger partial charge in [-0.05, 0) is 12.8 Å². The van der Waals surface area contributed by atoms with Crippen LogP contribution in [-0.2, 0) is 4.79 Å². The maximum atomic E-state index is 11.6. The number of aliphatic hydroxyl groups excluding tert-OH is 2. The fourth-order valence-electron chi connectivity index (χ4n) is 1.53. The van der Waals surface area contributed by atoms with Gasteiger partial charge in [-0.2, -0.15) is 0 Å². The molecule has 90 valence electrons. The van der Waals surface area contributed by atoms with Gasteiger partial charge in [0.2, 0.25) is 5.91 Å². The second-order valence-electron chi connectivity index (χ2n) is 3.86. The highest BCUT2D eigenvalue weighted by Gasteiger charge is 2.16. The van der Waals surface area contributed by atoms with Gasteiger partial charge >= 0.3 is 0 Å². The molecule has 0 bridgehead atoms. The van der Waals surface area contributed by atoms with E-state index in [1.165, 1.54) is 0 Å². The second kappa shape index (κ2) is 8.68. The first-order chi connectivity index (χ1) is 7.15. The Morgan fingerprint density at radius 3 is 2.20 bits per heavy atom. The zero-order chi connectivity index (χ0) is 11.7. The molecular formula is C11H23NO3. The Bertz CT molecular complexity index is 167. The third-order valence-electron chi connectivity index (χ3n) is 2.37. The molecule has 0 aliphatic carbocycles. The van der Waals surface area contributed by atoms with Gasteiger partial charge in [0, 0.05) is 12.5 Å². The molecule has 0 aromatic rings. The third-order valence-corrected chi connectivity index (χ3v) is 2.37. The van der Waals surface area contributed by atoms with Crippen LogP contribution in [0.5, 0.6) is 0 Å². The monoisotopic (exact) mass is 217 g/mol. The zero-order valence-electron chi connectivity index (χ0n) is 9.70. The number of amides is 1. The summed E-state index contributed by atoms with van der Waals surface area (Å²) in [4.78, 5) is 11.6. The number of hydrogen-bond donors (Lipinski definition) is 3. The first-order valence-corrected chi connectivity index (χ1v) is 5.72. The van der Waals surface area contributed by atoms with Crippen LogP contribution in [0.3, 0.4) is 0 Å². The van der Waals surface area contributed by atoms with Crippen molar-refractivity contribution in [1.82, 2.24) is 5.32 Å². The highest BCUT2D eigenvalue weighted by molar-refractivity contribution is 5.78. The molecule has 0 saturated carbocycles. The van der Waals surface area contributed by atoms with E-state index in [1.807, 2.05) is 0 Å². The van der Waals surface area contributed by atoms with Crippen molar-refractivity contribution in [2.75, 3.05) is 13.2 Å². The predicted molar refractivity (Wildman–Crippen MR) is 59.4 cm³/mol. The number of rotatable bonds is 8. The molecule has 0 aromatic carbocycles. The van der Waals surface area contributed by atoms with Crippen LogP contribution >= 0.6 is 0 Å². The average Bonchev–Trinajstić information content (AvgIpc) is 2.25. The molecule has 0 aromatic heterocycles. The van der Waals surface area contributed by atoms with Gasteiger partial charge < -0.3 is 15.5 Å². The van der Waals surface area contributed by atoms with Gasteiger partial charge in [0.05, 0.1) is 12.7 Å². The zero-order valence-corrected chi connectivity index (χ0v) is 9.70. The SMILES string of the molecule is CCCC(CCC)C(=O)NCC(O)CO. The van der Waals surface area contributed by atoms with Crippen LogP contribution in [0.1, 0.15) is 39.5 Å². The van der Waals surface area contributed by atoms with E-state index in [1.54, 1.807) is 0 Å². The molecule has 0 saturated heterocycles. The fourth-order valence-corrected chi connectivity index (χ4v) is 1.53. The standard InChI is InChI=1S/C11H23NO3/c1-3-5-9(6-4-2)11(15)12-7-10(14)8-13/h9-10,13-14H,3-8H2,1-2H3,(H,12,15). The molecule has 4 nitrogen and oxygen atoms in total. The van der Waals surface area contributed by atoms with Crippen LogP contribution in [0.25, 0.3) is 0 Å². The van der Waals surface area contributed by atoms with Crippen LogP contribution in [0, 0.1) is 5.92 Å². The van der Waals surface area contributed by atoms with Crippen molar-refractivity contribution in [3.05, 3.63) is 0 Å². The molecule has 0 radical (unpaired) electrons. The van der Waals surface area contributed by atoms with Crippen molar-refractivity contribution in [1.29, 1.82) is 0 Å². The Balaban J connectivity index is 3.90. The number of hydrogen-bond acceptors (Lipinski definition) is 3. The summed E-state index contributed by atoms with van der Waals surface area (Å²) in [6.45, 7) is 3.93. The summed E-state index contributed by atoms with van der Waals surface area (Å²) in [5.74, 6) is 0.0390. The van der Waals surface area contributed by atoms with Crippen molar-refractivity contribution in [2.45, 2.75) is 45.6 Å². The largest absolute Gasteiger partial charge is 0.394 e. The maximum absolute atomic E-state index is 11.6. The van der Waals surface area contributed by atoms with E-state index in [0.717, 1.165) is 25.7 Å². The third kappa shape index (κ3) is 6.47. The molecule has 4 heteroatoms. The van der Waals surface area contributed by atoms with Gasteiger partial charge in [-0.3, -0.25) is 4.79 Å². The molecule has 0 rings (SSSR count). The first-order valence-electron chi connectivity index (χ1n) is 5.72. The second-order valence-corrected chi connectivity index (χ2v) is 3.86. The summed E-state index contributed by atoms with van der Waals surface area (Å²) >= 11 is 0. The van der Waals surface area contributed by atoms with Gasteiger partial charge in [0.1, 0.15) is 0 Å². The van der Waals surface area contributed by atoms with Crippen molar-refractivity contribution >= 4 is 5.91 Å². The Morgan fingerprint density at radius 1 is 1.27 bits per heavy atom. The van der Waals surface area contributed by atoms with Gasteiger partial charge in [-0.25, -0.2) is 0 Å². The highest BCUT2D eigenvalue weighted by atomic mass is 16.3. The molecule has 1 unspecified atom stereocenters. The summed E-state index contributed by atoms with van der Waals surface area (Å²) in [6.07, 6.45) is 2.89. The molecule has 0 aliphatic rings. The molecule has 15 heavy (non-hydrogen) atoms. The van der Waals surface area contributed by atoms with E-state index in [0.29, 0.717) is 0 Å². The van der Waals surface area contributed by atoms with Crippen molar-refractivity contribution in [2.24, 2.45) is 5.92 Å². The fraction of sp³-hybridized carbons (Fsp3) is 0.909. The number of nitrogens with one attached hydrogen (secondary N) is 1. The minimum absolute atomic E-state index is 0.00815. The molecule has 0 aliphatic heterocycles. The van der Waals surface area contributed by atoms with Crippen LogP contribution in [0.4, 0.5) is 0 Å².